The monoisotopic (exact) mass is 458 g/mol. The van der Waals surface area contributed by atoms with Crippen LogP contribution < -0.4 is 22.1 Å². The lowest BCUT2D eigenvalue weighted by molar-refractivity contribution is -0.129. The molecule has 0 radical (unpaired) electrons. The van der Waals surface area contributed by atoms with E-state index in [2.05, 4.69) is 20.9 Å². The lowest BCUT2D eigenvalue weighted by Crippen LogP contribution is -2.48. The average molecular weight is 459 g/mol. The summed E-state index contributed by atoms with van der Waals surface area (Å²) in [5.74, 6) is -4.05. The summed E-state index contributed by atoms with van der Waals surface area (Å²) >= 11 is 0. The highest BCUT2D eigenvalue weighted by Gasteiger charge is 2.34. The summed E-state index contributed by atoms with van der Waals surface area (Å²) in [6.07, 6.45) is -1.64. The molecule has 4 atom stereocenters. The van der Waals surface area contributed by atoms with Crippen LogP contribution in [0.1, 0.15) is 54.4 Å². The molecular weight excluding hydrogens is 420 g/mol. The largest absolute Gasteiger partial charge is 0.390 e. The first-order valence-corrected chi connectivity index (χ1v) is 10.6. The van der Waals surface area contributed by atoms with Crippen LogP contribution in [0.25, 0.3) is 0 Å². The summed E-state index contributed by atoms with van der Waals surface area (Å²) in [6, 6.07) is 0. The molecule has 0 bridgehead atoms. The lowest BCUT2D eigenvalue weighted by Gasteiger charge is -2.25. The predicted octanol–water partition coefficient (Wildman–Crippen LogP) is -1.03. The summed E-state index contributed by atoms with van der Waals surface area (Å²) in [7, 11) is 0. The minimum Gasteiger partial charge on any atom is -0.390 e. The third-order valence-electron chi connectivity index (χ3n) is 5.14. The number of hydrogen-bond donors (Lipinski definition) is 6. The molecule has 0 spiro atoms. The molecule has 0 saturated carbocycles. The topological polar surface area (TPSA) is 210 Å². The van der Waals surface area contributed by atoms with E-state index in [0.29, 0.717) is 12.8 Å². The molecule has 0 aromatic rings. The zero-order valence-corrected chi connectivity index (χ0v) is 19.7. The summed E-state index contributed by atoms with van der Waals surface area (Å²) in [4.78, 5) is 47.5. The van der Waals surface area contributed by atoms with E-state index in [9.17, 15) is 29.4 Å². The molecule has 4 amide bonds. The molecule has 0 aromatic heterocycles. The number of azo groups is 1. The normalized spacial score (nSPS) is 16.1. The van der Waals surface area contributed by atoms with Crippen molar-refractivity contribution >= 4 is 23.6 Å². The molecule has 184 valence electrons. The fourth-order valence-electron chi connectivity index (χ4n) is 2.78. The van der Waals surface area contributed by atoms with E-state index < -0.39 is 58.8 Å². The molecule has 0 aliphatic carbocycles. The Morgan fingerprint density at radius 1 is 0.750 bits per heavy atom. The van der Waals surface area contributed by atoms with Gasteiger partial charge in [0.1, 0.15) is 0 Å². The Kier molecular flexibility index (Phi) is 11.4. The summed E-state index contributed by atoms with van der Waals surface area (Å²) in [5, 5.41) is 33.0. The van der Waals surface area contributed by atoms with E-state index in [1.54, 1.807) is 13.8 Å². The molecule has 4 unspecified atom stereocenters. The van der Waals surface area contributed by atoms with Gasteiger partial charge >= 0.3 is 0 Å². The van der Waals surface area contributed by atoms with Crippen molar-refractivity contribution < 1.29 is 29.4 Å². The number of nitrogens with one attached hydrogen (secondary N) is 2. The van der Waals surface area contributed by atoms with Crippen molar-refractivity contribution in [1.29, 1.82) is 0 Å². The first-order chi connectivity index (χ1) is 14.6. The Hall–Kier alpha value is -2.60. The van der Waals surface area contributed by atoms with Gasteiger partial charge in [0, 0.05) is 13.1 Å². The van der Waals surface area contributed by atoms with Crippen LogP contribution in [-0.2, 0) is 19.2 Å². The summed E-state index contributed by atoms with van der Waals surface area (Å²) in [6.45, 7) is 8.89. The molecule has 8 N–H and O–H groups in total. The molecule has 0 rings (SSSR count). The van der Waals surface area contributed by atoms with Gasteiger partial charge in [-0.25, -0.2) is 0 Å². The SMILES string of the molecule is CCC(C(N)=O)C(O)CNC(=O)C(C)(C)N=NC(C)(C)C(=O)NCC(O)C(CC)C(N)=O. The Balaban J connectivity index is 4.99. The number of hydrogen-bond acceptors (Lipinski definition) is 8. The van der Waals surface area contributed by atoms with Crippen LogP contribution in [0.3, 0.4) is 0 Å². The third kappa shape index (κ3) is 8.87. The number of aliphatic hydroxyl groups is 2. The quantitative estimate of drug-likeness (QED) is 0.179. The minimum atomic E-state index is -1.37. The van der Waals surface area contributed by atoms with Crippen molar-refractivity contribution in [2.24, 2.45) is 33.5 Å². The van der Waals surface area contributed by atoms with Gasteiger partial charge in [-0.2, -0.15) is 10.2 Å². The van der Waals surface area contributed by atoms with Crippen LogP contribution in [0.4, 0.5) is 0 Å². The maximum Gasteiger partial charge on any atom is 0.249 e. The fourth-order valence-corrected chi connectivity index (χ4v) is 2.78. The van der Waals surface area contributed by atoms with E-state index >= 15 is 0 Å². The second kappa shape index (κ2) is 12.4. The van der Waals surface area contributed by atoms with Crippen molar-refractivity contribution in [3.63, 3.8) is 0 Å². The van der Waals surface area contributed by atoms with E-state index in [1.807, 2.05) is 0 Å². The summed E-state index contributed by atoms with van der Waals surface area (Å²) < 4.78 is 0. The van der Waals surface area contributed by atoms with Gasteiger partial charge in [0.15, 0.2) is 11.1 Å². The highest BCUT2D eigenvalue weighted by atomic mass is 16.3. The van der Waals surface area contributed by atoms with Gasteiger partial charge in [-0.15, -0.1) is 0 Å². The van der Waals surface area contributed by atoms with Crippen LogP contribution >= 0.6 is 0 Å². The smallest absolute Gasteiger partial charge is 0.249 e. The van der Waals surface area contributed by atoms with Gasteiger partial charge in [-0.1, -0.05) is 13.8 Å². The number of nitrogens with zero attached hydrogens (tertiary/aromatic N) is 2. The molecule has 0 fully saturated rings. The highest BCUT2D eigenvalue weighted by molar-refractivity contribution is 5.87. The third-order valence-corrected chi connectivity index (χ3v) is 5.14. The highest BCUT2D eigenvalue weighted by Crippen LogP contribution is 2.17. The Bertz CT molecular complexity index is 651. The molecule has 12 nitrogen and oxygen atoms in total. The number of rotatable bonds is 14. The van der Waals surface area contributed by atoms with Crippen molar-refractivity contribution in [3.8, 4) is 0 Å². The Morgan fingerprint density at radius 2 is 1.03 bits per heavy atom. The Morgan fingerprint density at radius 3 is 1.25 bits per heavy atom. The van der Waals surface area contributed by atoms with Gasteiger partial charge < -0.3 is 32.3 Å². The van der Waals surface area contributed by atoms with Crippen molar-refractivity contribution in [1.82, 2.24) is 10.6 Å². The molecule has 0 aliphatic rings. The fraction of sp³-hybridized carbons (Fsp3) is 0.800. The number of carbonyl (C=O) groups excluding carboxylic acids is 4. The number of nitrogens with two attached hydrogens (primary N) is 2. The van der Waals surface area contributed by atoms with Gasteiger partial charge in [0.25, 0.3) is 0 Å². The molecule has 0 saturated heterocycles. The minimum absolute atomic E-state index is 0.195. The second-order valence-corrected chi connectivity index (χ2v) is 8.71. The van der Waals surface area contributed by atoms with Crippen LogP contribution in [0.2, 0.25) is 0 Å². The van der Waals surface area contributed by atoms with Crippen LogP contribution in [0.15, 0.2) is 10.2 Å². The lowest BCUT2D eigenvalue weighted by atomic mass is 9.98. The van der Waals surface area contributed by atoms with Crippen LogP contribution in [0, 0.1) is 11.8 Å². The molecular formula is C20H38N6O6. The first kappa shape index (κ1) is 29.4. The molecule has 32 heavy (non-hydrogen) atoms. The number of carbonyl (C=O) groups is 4. The molecule has 0 heterocycles. The average Bonchev–Trinajstić information content (AvgIpc) is 2.69. The van der Waals surface area contributed by atoms with Crippen molar-refractivity contribution in [2.45, 2.75) is 77.7 Å². The van der Waals surface area contributed by atoms with Crippen LogP contribution in [-0.4, -0.2) is 70.2 Å². The Labute approximate surface area is 188 Å². The maximum absolute atomic E-state index is 12.5. The van der Waals surface area contributed by atoms with E-state index in [0.717, 1.165) is 0 Å². The summed E-state index contributed by atoms with van der Waals surface area (Å²) in [5.41, 5.74) is 7.71. The van der Waals surface area contributed by atoms with Gasteiger partial charge in [-0.3, -0.25) is 19.2 Å². The zero-order valence-electron chi connectivity index (χ0n) is 19.7. The molecule has 0 aliphatic heterocycles. The first-order valence-electron chi connectivity index (χ1n) is 10.6. The van der Waals surface area contributed by atoms with Gasteiger partial charge in [0.2, 0.25) is 23.6 Å². The standard InChI is InChI=1S/C20H38N6O6/c1-7-11(15(21)29)13(27)9-23-17(31)19(3,4)25-26-20(5,6)18(32)24-10-14(28)12(8-2)16(22)30/h11-14,27-28H,7-10H2,1-6H3,(H2,21,29)(H2,22,30)(H,23,31)(H,24,32). The molecule has 12 heteroatoms. The number of aliphatic hydroxyl groups excluding tert-OH is 2. The van der Waals surface area contributed by atoms with Gasteiger partial charge in [-0.05, 0) is 40.5 Å². The molecule has 0 aromatic carbocycles. The van der Waals surface area contributed by atoms with Crippen molar-refractivity contribution in [2.75, 3.05) is 13.1 Å². The zero-order chi connectivity index (χ0) is 25.3. The van der Waals surface area contributed by atoms with Crippen molar-refractivity contribution in [3.05, 3.63) is 0 Å². The van der Waals surface area contributed by atoms with E-state index in [-0.39, 0.29) is 13.1 Å². The number of primary amides is 2. The van der Waals surface area contributed by atoms with Gasteiger partial charge in [0.05, 0.1) is 24.0 Å². The van der Waals surface area contributed by atoms with Crippen LogP contribution in [0.5, 0.6) is 0 Å². The predicted molar refractivity (Wildman–Crippen MR) is 117 cm³/mol. The number of amides is 4. The second-order valence-electron chi connectivity index (χ2n) is 8.71. The maximum atomic E-state index is 12.5. The van der Waals surface area contributed by atoms with E-state index in [1.165, 1.54) is 27.7 Å². The van der Waals surface area contributed by atoms with E-state index in [4.69, 9.17) is 11.5 Å².